The van der Waals surface area contributed by atoms with Crippen molar-refractivity contribution in [3.8, 4) is 0 Å². The summed E-state index contributed by atoms with van der Waals surface area (Å²) in [4.78, 5) is 0. The van der Waals surface area contributed by atoms with E-state index in [0.29, 0.717) is 6.04 Å². The molecular formula is C13H27N. The Balaban J connectivity index is 3.92. The molecule has 0 saturated heterocycles. The third-order valence-corrected chi connectivity index (χ3v) is 3.07. The highest BCUT2D eigenvalue weighted by Crippen LogP contribution is 2.20. The van der Waals surface area contributed by atoms with Gasteiger partial charge in [-0.1, -0.05) is 39.2 Å². The van der Waals surface area contributed by atoms with Crippen molar-refractivity contribution < 1.29 is 0 Å². The molecule has 0 amide bonds. The number of hydrogen-bond donors (Lipinski definition) is 1. The van der Waals surface area contributed by atoms with Gasteiger partial charge in [-0.05, 0) is 32.2 Å². The van der Waals surface area contributed by atoms with E-state index in [9.17, 15) is 0 Å². The SMILES string of the molecule is C=CCCC(NC)C(CC)CCCC. The van der Waals surface area contributed by atoms with Crippen molar-refractivity contribution >= 4 is 0 Å². The Morgan fingerprint density at radius 1 is 1.29 bits per heavy atom. The van der Waals surface area contributed by atoms with E-state index < -0.39 is 0 Å². The summed E-state index contributed by atoms with van der Waals surface area (Å²) in [7, 11) is 2.09. The normalized spacial score (nSPS) is 15.1. The van der Waals surface area contributed by atoms with Gasteiger partial charge in [-0.2, -0.15) is 0 Å². The maximum Gasteiger partial charge on any atom is 0.00951 e. The van der Waals surface area contributed by atoms with Crippen molar-refractivity contribution in [3.05, 3.63) is 12.7 Å². The summed E-state index contributed by atoms with van der Waals surface area (Å²) in [6.07, 6.45) is 9.74. The van der Waals surface area contributed by atoms with E-state index in [2.05, 4.69) is 32.8 Å². The zero-order chi connectivity index (χ0) is 10.8. The van der Waals surface area contributed by atoms with Crippen molar-refractivity contribution in [1.82, 2.24) is 5.32 Å². The predicted molar refractivity (Wildman–Crippen MR) is 65.6 cm³/mol. The van der Waals surface area contributed by atoms with Gasteiger partial charge in [-0.3, -0.25) is 0 Å². The average Bonchev–Trinajstić information content (AvgIpc) is 2.23. The van der Waals surface area contributed by atoms with E-state index in [4.69, 9.17) is 0 Å². The lowest BCUT2D eigenvalue weighted by Crippen LogP contribution is -2.33. The molecule has 1 heteroatoms. The lowest BCUT2D eigenvalue weighted by molar-refractivity contribution is 0.319. The smallest absolute Gasteiger partial charge is 0.00951 e. The van der Waals surface area contributed by atoms with Gasteiger partial charge in [0, 0.05) is 6.04 Å². The number of allylic oxidation sites excluding steroid dienone is 1. The van der Waals surface area contributed by atoms with Crippen LogP contribution < -0.4 is 5.32 Å². The van der Waals surface area contributed by atoms with Crippen LogP contribution in [0.15, 0.2) is 12.7 Å². The molecule has 2 atom stereocenters. The van der Waals surface area contributed by atoms with Gasteiger partial charge in [-0.25, -0.2) is 0 Å². The van der Waals surface area contributed by atoms with E-state index in [0.717, 1.165) is 12.3 Å². The molecule has 84 valence electrons. The molecule has 0 aliphatic carbocycles. The highest BCUT2D eigenvalue weighted by molar-refractivity contribution is 4.78. The zero-order valence-corrected chi connectivity index (χ0v) is 10.2. The number of hydrogen-bond acceptors (Lipinski definition) is 1. The van der Waals surface area contributed by atoms with Gasteiger partial charge in [0.2, 0.25) is 0 Å². The molecule has 1 nitrogen and oxygen atoms in total. The minimum atomic E-state index is 0.685. The quantitative estimate of drug-likeness (QED) is 0.555. The summed E-state index contributed by atoms with van der Waals surface area (Å²) in [5.74, 6) is 0.847. The first-order valence-electron chi connectivity index (χ1n) is 6.08. The van der Waals surface area contributed by atoms with Crippen molar-refractivity contribution in [1.29, 1.82) is 0 Å². The zero-order valence-electron chi connectivity index (χ0n) is 10.2. The Hall–Kier alpha value is -0.300. The Kier molecular flexibility index (Phi) is 9.06. The summed E-state index contributed by atoms with van der Waals surface area (Å²) >= 11 is 0. The molecule has 0 aliphatic heterocycles. The lowest BCUT2D eigenvalue weighted by atomic mass is 9.89. The number of unbranched alkanes of at least 4 members (excludes halogenated alkanes) is 1. The monoisotopic (exact) mass is 197 g/mol. The van der Waals surface area contributed by atoms with E-state index in [-0.39, 0.29) is 0 Å². The standard InChI is InChI=1S/C13H27N/c1-5-8-10-12(7-3)13(14-4)11-9-6-2/h6,12-14H,2,5,7-11H2,1,3-4H3. The molecule has 0 rings (SSSR count). The second-order valence-corrected chi connectivity index (χ2v) is 4.07. The summed E-state index contributed by atoms with van der Waals surface area (Å²) in [5, 5.41) is 3.45. The van der Waals surface area contributed by atoms with Crippen LogP contribution in [0.2, 0.25) is 0 Å². The number of rotatable bonds is 9. The lowest BCUT2D eigenvalue weighted by Gasteiger charge is -2.25. The fourth-order valence-corrected chi connectivity index (χ4v) is 2.07. The summed E-state index contributed by atoms with van der Waals surface area (Å²) in [5.41, 5.74) is 0. The highest BCUT2D eigenvalue weighted by atomic mass is 14.9. The Morgan fingerprint density at radius 2 is 2.00 bits per heavy atom. The Bertz CT molecular complexity index is 131. The second kappa shape index (κ2) is 9.26. The van der Waals surface area contributed by atoms with Crippen LogP contribution in [0, 0.1) is 5.92 Å². The first-order chi connectivity index (χ1) is 6.79. The fourth-order valence-electron chi connectivity index (χ4n) is 2.07. The molecular weight excluding hydrogens is 170 g/mol. The summed E-state index contributed by atoms with van der Waals surface area (Å²) in [6, 6.07) is 0.685. The average molecular weight is 197 g/mol. The van der Waals surface area contributed by atoms with E-state index in [1.54, 1.807) is 0 Å². The first-order valence-corrected chi connectivity index (χ1v) is 6.08. The molecule has 0 spiro atoms. The van der Waals surface area contributed by atoms with Crippen LogP contribution in [0.5, 0.6) is 0 Å². The minimum absolute atomic E-state index is 0.685. The summed E-state index contributed by atoms with van der Waals surface area (Å²) in [6.45, 7) is 8.36. The van der Waals surface area contributed by atoms with Crippen LogP contribution >= 0.6 is 0 Å². The van der Waals surface area contributed by atoms with Crippen LogP contribution in [0.25, 0.3) is 0 Å². The molecule has 1 N–H and O–H groups in total. The van der Waals surface area contributed by atoms with Gasteiger partial charge in [0.1, 0.15) is 0 Å². The van der Waals surface area contributed by atoms with Gasteiger partial charge in [0.05, 0.1) is 0 Å². The van der Waals surface area contributed by atoms with Crippen molar-refractivity contribution in [3.63, 3.8) is 0 Å². The molecule has 14 heavy (non-hydrogen) atoms. The molecule has 0 aromatic heterocycles. The third kappa shape index (κ3) is 5.43. The van der Waals surface area contributed by atoms with Crippen LogP contribution in [-0.4, -0.2) is 13.1 Å². The first kappa shape index (κ1) is 13.7. The Labute approximate surface area is 90.0 Å². The van der Waals surface area contributed by atoms with Gasteiger partial charge >= 0.3 is 0 Å². The van der Waals surface area contributed by atoms with Gasteiger partial charge in [-0.15, -0.1) is 6.58 Å². The van der Waals surface area contributed by atoms with Crippen molar-refractivity contribution in [2.75, 3.05) is 7.05 Å². The second-order valence-electron chi connectivity index (χ2n) is 4.07. The van der Waals surface area contributed by atoms with Gasteiger partial charge in [0.15, 0.2) is 0 Å². The molecule has 2 unspecified atom stereocenters. The maximum absolute atomic E-state index is 3.79. The molecule has 0 aromatic rings. The summed E-state index contributed by atoms with van der Waals surface area (Å²) < 4.78 is 0. The molecule has 0 aliphatic rings. The molecule has 0 heterocycles. The van der Waals surface area contributed by atoms with Crippen LogP contribution in [-0.2, 0) is 0 Å². The predicted octanol–water partition coefficient (Wildman–Crippen LogP) is 3.76. The largest absolute Gasteiger partial charge is 0.317 e. The van der Waals surface area contributed by atoms with E-state index >= 15 is 0 Å². The van der Waals surface area contributed by atoms with Crippen LogP contribution in [0.3, 0.4) is 0 Å². The minimum Gasteiger partial charge on any atom is -0.317 e. The third-order valence-electron chi connectivity index (χ3n) is 3.07. The van der Waals surface area contributed by atoms with Crippen molar-refractivity contribution in [2.24, 2.45) is 5.92 Å². The van der Waals surface area contributed by atoms with Gasteiger partial charge < -0.3 is 5.32 Å². The molecule has 0 bridgehead atoms. The Morgan fingerprint density at radius 3 is 2.43 bits per heavy atom. The molecule has 0 aromatic carbocycles. The molecule has 0 saturated carbocycles. The molecule has 0 fully saturated rings. The van der Waals surface area contributed by atoms with Gasteiger partial charge in [0.25, 0.3) is 0 Å². The number of nitrogens with one attached hydrogen (secondary N) is 1. The fraction of sp³-hybridized carbons (Fsp3) is 0.846. The van der Waals surface area contributed by atoms with Crippen LogP contribution in [0.4, 0.5) is 0 Å². The van der Waals surface area contributed by atoms with Crippen LogP contribution in [0.1, 0.15) is 52.4 Å². The van der Waals surface area contributed by atoms with E-state index in [1.165, 1.54) is 32.1 Å². The van der Waals surface area contributed by atoms with Crippen molar-refractivity contribution in [2.45, 2.75) is 58.4 Å². The highest BCUT2D eigenvalue weighted by Gasteiger charge is 2.16. The topological polar surface area (TPSA) is 12.0 Å². The maximum atomic E-state index is 3.79. The molecule has 0 radical (unpaired) electrons. The van der Waals surface area contributed by atoms with E-state index in [1.807, 2.05) is 6.08 Å².